The normalized spacial score (nSPS) is 12.5. The number of halogens is 4. The van der Waals surface area contributed by atoms with Crippen molar-refractivity contribution >= 4 is 31.9 Å². The molecule has 0 spiro atoms. The maximum absolute atomic E-state index is 13.7. The molecule has 5 heteroatoms. The van der Waals surface area contributed by atoms with E-state index in [-0.39, 0.29) is 5.56 Å². The summed E-state index contributed by atoms with van der Waals surface area (Å²) in [5, 5.41) is 0. The van der Waals surface area contributed by atoms with Gasteiger partial charge in [-0.25, -0.2) is 8.78 Å². The molecule has 2 N–H and O–H groups in total. The lowest BCUT2D eigenvalue weighted by Crippen LogP contribution is -2.15. The van der Waals surface area contributed by atoms with Gasteiger partial charge in [0, 0.05) is 14.5 Å². The molecule has 0 aromatic heterocycles. The third kappa shape index (κ3) is 2.63. The van der Waals surface area contributed by atoms with Crippen molar-refractivity contribution in [1.29, 1.82) is 0 Å². The van der Waals surface area contributed by atoms with Gasteiger partial charge in [-0.05, 0) is 23.8 Å². The first-order valence-corrected chi connectivity index (χ1v) is 6.73. The zero-order valence-electron chi connectivity index (χ0n) is 9.13. The summed E-state index contributed by atoms with van der Waals surface area (Å²) in [5.74, 6) is -1.80. The average molecular weight is 377 g/mol. The molecule has 1 unspecified atom stereocenters. The molecule has 94 valence electrons. The van der Waals surface area contributed by atoms with E-state index in [2.05, 4.69) is 31.9 Å². The Morgan fingerprint density at radius 3 is 2.39 bits per heavy atom. The highest BCUT2D eigenvalue weighted by molar-refractivity contribution is 9.11. The molecule has 1 nitrogen and oxygen atoms in total. The smallest absolute Gasteiger partial charge is 0.163 e. The zero-order valence-corrected chi connectivity index (χ0v) is 12.3. The van der Waals surface area contributed by atoms with Crippen molar-refractivity contribution in [3.63, 3.8) is 0 Å². The molecule has 1 atom stereocenters. The van der Waals surface area contributed by atoms with E-state index in [4.69, 9.17) is 5.73 Å². The topological polar surface area (TPSA) is 26.0 Å². The van der Waals surface area contributed by atoms with Crippen LogP contribution in [0.5, 0.6) is 0 Å². The lowest BCUT2D eigenvalue weighted by molar-refractivity contribution is 0.494. The second-order valence-electron chi connectivity index (χ2n) is 3.79. The van der Waals surface area contributed by atoms with Gasteiger partial charge in [0.25, 0.3) is 0 Å². The molecule has 0 heterocycles. The van der Waals surface area contributed by atoms with Gasteiger partial charge in [-0.1, -0.05) is 50.1 Å². The van der Waals surface area contributed by atoms with Crippen molar-refractivity contribution in [3.05, 3.63) is 68.1 Å². The van der Waals surface area contributed by atoms with Gasteiger partial charge in [-0.2, -0.15) is 0 Å². The van der Waals surface area contributed by atoms with Crippen LogP contribution in [0.25, 0.3) is 0 Å². The van der Waals surface area contributed by atoms with E-state index in [0.717, 1.165) is 15.0 Å². The zero-order chi connectivity index (χ0) is 13.3. The number of nitrogens with two attached hydrogens (primary N) is 1. The Morgan fingerprint density at radius 2 is 1.72 bits per heavy atom. The van der Waals surface area contributed by atoms with Gasteiger partial charge in [0.15, 0.2) is 11.6 Å². The Kier molecular flexibility index (Phi) is 4.14. The van der Waals surface area contributed by atoms with Crippen molar-refractivity contribution in [2.24, 2.45) is 5.73 Å². The van der Waals surface area contributed by atoms with E-state index < -0.39 is 17.7 Å². The lowest BCUT2D eigenvalue weighted by atomic mass is 9.99. The first-order chi connectivity index (χ1) is 8.50. The molecule has 0 amide bonds. The second-order valence-corrected chi connectivity index (χ2v) is 5.56. The molecule has 0 saturated carbocycles. The minimum atomic E-state index is -0.903. The van der Waals surface area contributed by atoms with Crippen LogP contribution in [0, 0.1) is 11.6 Å². The van der Waals surface area contributed by atoms with Gasteiger partial charge in [0.2, 0.25) is 0 Å². The molecular formula is C13H9Br2F2N. The van der Waals surface area contributed by atoms with Crippen LogP contribution < -0.4 is 5.73 Å². The standard InChI is InChI=1S/C13H9Br2F2N/c14-7-4-5-8(10(15)6-7)13(18)9-2-1-3-11(16)12(9)17/h1-6,13H,18H2. The number of benzene rings is 2. The van der Waals surface area contributed by atoms with E-state index in [9.17, 15) is 8.78 Å². The summed E-state index contributed by atoms with van der Waals surface area (Å²) < 4.78 is 28.5. The maximum Gasteiger partial charge on any atom is 0.163 e. The molecular weight excluding hydrogens is 368 g/mol. The molecule has 2 aromatic rings. The van der Waals surface area contributed by atoms with Crippen molar-refractivity contribution in [1.82, 2.24) is 0 Å². The van der Waals surface area contributed by atoms with Gasteiger partial charge in [-0.15, -0.1) is 0 Å². The summed E-state index contributed by atoms with van der Waals surface area (Å²) >= 11 is 6.68. The highest BCUT2D eigenvalue weighted by Crippen LogP contribution is 2.30. The third-order valence-electron chi connectivity index (χ3n) is 2.61. The van der Waals surface area contributed by atoms with Crippen molar-refractivity contribution < 1.29 is 8.78 Å². The fraction of sp³-hybridized carbons (Fsp3) is 0.0769. The summed E-state index contributed by atoms with van der Waals surface area (Å²) in [6, 6.07) is 8.66. The Morgan fingerprint density at radius 1 is 1.00 bits per heavy atom. The molecule has 0 aliphatic rings. The minimum Gasteiger partial charge on any atom is -0.320 e. The van der Waals surface area contributed by atoms with E-state index in [1.807, 2.05) is 6.07 Å². The van der Waals surface area contributed by atoms with Crippen molar-refractivity contribution in [3.8, 4) is 0 Å². The predicted molar refractivity (Wildman–Crippen MR) is 74.2 cm³/mol. The summed E-state index contributed by atoms with van der Waals surface area (Å²) in [6.45, 7) is 0. The molecule has 2 aromatic carbocycles. The Bertz CT molecular complexity index is 587. The van der Waals surface area contributed by atoms with Crippen LogP contribution in [0.15, 0.2) is 45.3 Å². The first kappa shape index (κ1) is 13.6. The van der Waals surface area contributed by atoms with Gasteiger partial charge < -0.3 is 5.73 Å². The third-order valence-corrected chi connectivity index (χ3v) is 3.79. The quantitative estimate of drug-likeness (QED) is 0.818. The summed E-state index contributed by atoms with van der Waals surface area (Å²) in [6.07, 6.45) is 0. The molecule has 0 aliphatic carbocycles. The number of hydrogen-bond donors (Lipinski definition) is 1. The van der Waals surface area contributed by atoms with Crippen LogP contribution in [-0.4, -0.2) is 0 Å². The second kappa shape index (κ2) is 5.47. The Balaban J connectivity index is 2.48. The SMILES string of the molecule is NC(c1ccc(Br)cc1Br)c1cccc(F)c1F. The monoisotopic (exact) mass is 375 g/mol. The highest BCUT2D eigenvalue weighted by atomic mass is 79.9. The summed E-state index contributed by atoms with van der Waals surface area (Å²) in [4.78, 5) is 0. The molecule has 0 aliphatic heterocycles. The van der Waals surface area contributed by atoms with Crippen LogP contribution in [0.2, 0.25) is 0 Å². The fourth-order valence-corrected chi connectivity index (χ4v) is 2.98. The van der Waals surface area contributed by atoms with Gasteiger partial charge in [0.05, 0.1) is 6.04 Å². The van der Waals surface area contributed by atoms with E-state index in [1.165, 1.54) is 12.1 Å². The molecule has 0 radical (unpaired) electrons. The van der Waals surface area contributed by atoms with Gasteiger partial charge in [0.1, 0.15) is 0 Å². The molecule has 18 heavy (non-hydrogen) atoms. The number of rotatable bonds is 2. The maximum atomic E-state index is 13.7. The van der Waals surface area contributed by atoms with Crippen LogP contribution >= 0.6 is 31.9 Å². The molecule has 0 saturated heterocycles. The van der Waals surface area contributed by atoms with Crippen LogP contribution in [-0.2, 0) is 0 Å². The van der Waals surface area contributed by atoms with Crippen LogP contribution in [0.4, 0.5) is 8.78 Å². The predicted octanol–water partition coefficient (Wildman–Crippen LogP) is 4.54. The highest BCUT2D eigenvalue weighted by Gasteiger charge is 2.18. The van der Waals surface area contributed by atoms with Crippen LogP contribution in [0.1, 0.15) is 17.2 Å². The molecule has 0 bridgehead atoms. The van der Waals surface area contributed by atoms with E-state index in [1.54, 1.807) is 12.1 Å². The average Bonchev–Trinajstić information content (AvgIpc) is 2.32. The summed E-state index contributed by atoms with van der Waals surface area (Å²) in [7, 11) is 0. The van der Waals surface area contributed by atoms with Crippen molar-refractivity contribution in [2.45, 2.75) is 6.04 Å². The van der Waals surface area contributed by atoms with E-state index in [0.29, 0.717) is 5.56 Å². The Labute approximate surface area is 120 Å². The minimum absolute atomic E-state index is 0.137. The van der Waals surface area contributed by atoms with Crippen LogP contribution in [0.3, 0.4) is 0 Å². The van der Waals surface area contributed by atoms with E-state index >= 15 is 0 Å². The lowest BCUT2D eigenvalue weighted by Gasteiger charge is -2.15. The fourth-order valence-electron chi connectivity index (χ4n) is 1.68. The van der Waals surface area contributed by atoms with Gasteiger partial charge >= 0.3 is 0 Å². The summed E-state index contributed by atoms with van der Waals surface area (Å²) in [5.41, 5.74) is 6.82. The number of hydrogen-bond acceptors (Lipinski definition) is 1. The largest absolute Gasteiger partial charge is 0.320 e. The van der Waals surface area contributed by atoms with Gasteiger partial charge in [-0.3, -0.25) is 0 Å². The first-order valence-electron chi connectivity index (χ1n) is 5.15. The molecule has 0 fully saturated rings. The Hall–Kier alpha value is -0.780. The molecule has 2 rings (SSSR count). The van der Waals surface area contributed by atoms with Crippen molar-refractivity contribution in [2.75, 3.05) is 0 Å².